The average molecular weight is 362 g/mol. The Balaban J connectivity index is 2.38. The number of nitrogens with one attached hydrogen (secondary N) is 1. The van der Waals surface area contributed by atoms with Crippen LogP contribution in [-0.2, 0) is 10.0 Å². The summed E-state index contributed by atoms with van der Waals surface area (Å²) in [6.07, 6.45) is 0. The topological polar surface area (TPSA) is 72.2 Å². The van der Waals surface area contributed by atoms with Crippen LogP contribution < -0.4 is 10.5 Å². The number of sulfonamides is 1. The van der Waals surface area contributed by atoms with Crippen LogP contribution in [0.4, 0.5) is 11.4 Å². The van der Waals surface area contributed by atoms with Gasteiger partial charge < -0.3 is 5.73 Å². The Bertz CT molecular complexity index is 719. The maximum Gasteiger partial charge on any atom is 0.262 e. The van der Waals surface area contributed by atoms with Crippen LogP contribution in [0.3, 0.4) is 0 Å². The van der Waals surface area contributed by atoms with Gasteiger partial charge in [0.05, 0.1) is 15.6 Å². The minimum absolute atomic E-state index is 0.0770. The second-order valence-electron chi connectivity index (χ2n) is 3.77. The van der Waals surface area contributed by atoms with Gasteiger partial charge in [-0.1, -0.05) is 23.7 Å². The van der Waals surface area contributed by atoms with Crippen LogP contribution in [0.25, 0.3) is 0 Å². The number of hydrogen-bond acceptors (Lipinski definition) is 3. The van der Waals surface area contributed by atoms with Crippen LogP contribution in [0, 0.1) is 0 Å². The van der Waals surface area contributed by atoms with Crippen molar-refractivity contribution in [1.29, 1.82) is 0 Å². The van der Waals surface area contributed by atoms with E-state index in [-0.39, 0.29) is 4.90 Å². The van der Waals surface area contributed by atoms with Crippen molar-refractivity contribution in [2.45, 2.75) is 4.90 Å². The lowest BCUT2D eigenvalue weighted by atomic mass is 10.3. The van der Waals surface area contributed by atoms with Crippen molar-refractivity contribution in [1.82, 2.24) is 0 Å². The van der Waals surface area contributed by atoms with E-state index in [1.807, 2.05) is 0 Å². The van der Waals surface area contributed by atoms with Crippen molar-refractivity contribution in [3.05, 3.63) is 52.0 Å². The Labute approximate surface area is 124 Å². The first-order chi connectivity index (χ1) is 8.90. The molecule has 0 heterocycles. The molecule has 7 heteroatoms. The lowest BCUT2D eigenvalue weighted by molar-refractivity contribution is 0.601. The summed E-state index contributed by atoms with van der Waals surface area (Å²) < 4.78 is 27.4. The molecule has 0 amide bonds. The molecule has 0 aliphatic rings. The van der Waals surface area contributed by atoms with Crippen LogP contribution in [0.1, 0.15) is 0 Å². The fourth-order valence-electron chi connectivity index (χ4n) is 1.44. The molecule has 0 bridgehead atoms. The Kier molecular flexibility index (Phi) is 4.03. The van der Waals surface area contributed by atoms with Gasteiger partial charge in [-0.05, 0) is 46.3 Å². The van der Waals surface area contributed by atoms with E-state index in [1.165, 1.54) is 12.1 Å². The predicted molar refractivity (Wildman–Crippen MR) is 80.8 cm³/mol. The predicted octanol–water partition coefficient (Wildman–Crippen LogP) is 3.49. The Morgan fingerprint density at radius 3 is 2.47 bits per heavy atom. The van der Waals surface area contributed by atoms with Crippen LogP contribution >= 0.6 is 27.5 Å². The van der Waals surface area contributed by atoms with E-state index in [0.29, 0.717) is 20.9 Å². The zero-order valence-electron chi connectivity index (χ0n) is 9.60. The van der Waals surface area contributed by atoms with Gasteiger partial charge in [-0.25, -0.2) is 8.42 Å². The summed E-state index contributed by atoms with van der Waals surface area (Å²) in [6.45, 7) is 0. The van der Waals surface area contributed by atoms with Gasteiger partial charge in [0.25, 0.3) is 10.0 Å². The Hall–Kier alpha value is -1.24. The maximum absolute atomic E-state index is 12.2. The number of nitrogens with two attached hydrogens (primary N) is 1. The SMILES string of the molecule is Nc1cc(S(=O)(=O)Nc2ccccc2Cl)ccc1Br. The third kappa shape index (κ3) is 3.20. The number of nitrogen functional groups attached to an aromatic ring is 1. The molecule has 0 spiro atoms. The summed E-state index contributed by atoms with van der Waals surface area (Å²) in [7, 11) is -3.71. The summed E-state index contributed by atoms with van der Waals surface area (Å²) in [5.41, 5.74) is 6.35. The van der Waals surface area contributed by atoms with Crippen molar-refractivity contribution < 1.29 is 8.42 Å². The molecule has 19 heavy (non-hydrogen) atoms. The highest BCUT2D eigenvalue weighted by atomic mass is 79.9. The quantitative estimate of drug-likeness (QED) is 0.822. The minimum Gasteiger partial charge on any atom is -0.398 e. The van der Waals surface area contributed by atoms with Crippen LogP contribution in [-0.4, -0.2) is 8.42 Å². The largest absolute Gasteiger partial charge is 0.398 e. The van der Waals surface area contributed by atoms with Gasteiger partial charge in [-0.15, -0.1) is 0 Å². The summed E-state index contributed by atoms with van der Waals surface area (Å²) in [5, 5.41) is 0.330. The van der Waals surface area contributed by atoms with Crippen LogP contribution in [0.15, 0.2) is 51.8 Å². The van der Waals surface area contributed by atoms with E-state index < -0.39 is 10.0 Å². The van der Waals surface area contributed by atoms with Crippen molar-refractivity contribution in [3.8, 4) is 0 Å². The standard InChI is InChI=1S/C12H10BrClN2O2S/c13-9-6-5-8(7-11(9)15)19(17,18)16-12-4-2-1-3-10(12)14/h1-7,16H,15H2. The normalized spacial score (nSPS) is 11.3. The first-order valence-corrected chi connectivity index (χ1v) is 7.88. The fourth-order valence-corrected chi connectivity index (χ4v) is 3.04. The number of halogens is 2. The molecule has 2 rings (SSSR count). The van der Waals surface area contributed by atoms with Gasteiger partial charge in [-0.2, -0.15) is 0 Å². The molecule has 0 atom stereocenters. The molecule has 0 aliphatic heterocycles. The molecule has 3 N–H and O–H groups in total. The Morgan fingerprint density at radius 2 is 1.84 bits per heavy atom. The zero-order chi connectivity index (χ0) is 14.0. The maximum atomic E-state index is 12.2. The first-order valence-electron chi connectivity index (χ1n) is 5.22. The minimum atomic E-state index is -3.71. The molecular weight excluding hydrogens is 352 g/mol. The molecular formula is C12H10BrClN2O2S. The monoisotopic (exact) mass is 360 g/mol. The summed E-state index contributed by atoms with van der Waals surface area (Å²) in [5.74, 6) is 0. The Morgan fingerprint density at radius 1 is 1.16 bits per heavy atom. The highest BCUT2D eigenvalue weighted by molar-refractivity contribution is 9.10. The number of para-hydroxylation sites is 1. The second kappa shape index (κ2) is 5.40. The third-order valence-electron chi connectivity index (χ3n) is 2.40. The van der Waals surface area contributed by atoms with Crippen LogP contribution in [0.5, 0.6) is 0 Å². The highest BCUT2D eigenvalue weighted by Crippen LogP contribution is 2.26. The van der Waals surface area contributed by atoms with E-state index in [2.05, 4.69) is 20.7 Å². The number of hydrogen-bond donors (Lipinski definition) is 2. The fraction of sp³-hybridized carbons (Fsp3) is 0. The molecule has 4 nitrogen and oxygen atoms in total. The van der Waals surface area contributed by atoms with Crippen molar-refractivity contribution in [2.24, 2.45) is 0 Å². The third-order valence-corrected chi connectivity index (χ3v) is 4.81. The lowest BCUT2D eigenvalue weighted by Crippen LogP contribution is -2.13. The first kappa shape index (κ1) is 14.2. The number of rotatable bonds is 3. The molecule has 0 aromatic heterocycles. The van der Waals surface area contributed by atoms with Crippen molar-refractivity contribution in [3.63, 3.8) is 0 Å². The molecule has 0 unspecified atom stereocenters. The summed E-state index contributed by atoms with van der Waals surface area (Å²) in [6, 6.07) is 11.0. The van der Waals surface area contributed by atoms with Gasteiger partial charge in [0, 0.05) is 10.2 Å². The van der Waals surface area contributed by atoms with E-state index in [4.69, 9.17) is 17.3 Å². The second-order valence-corrected chi connectivity index (χ2v) is 6.71. The van der Waals surface area contributed by atoms with Gasteiger partial charge in [0.15, 0.2) is 0 Å². The van der Waals surface area contributed by atoms with Gasteiger partial charge >= 0.3 is 0 Å². The van der Waals surface area contributed by atoms with Gasteiger partial charge in [0.1, 0.15) is 0 Å². The molecule has 0 saturated heterocycles. The molecule has 0 aliphatic carbocycles. The molecule has 0 radical (unpaired) electrons. The lowest BCUT2D eigenvalue weighted by Gasteiger charge is -2.10. The van der Waals surface area contributed by atoms with Crippen molar-refractivity contribution in [2.75, 3.05) is 10.5 Å². The smallest absolute Gasteiger partial charge is 0.262 e. The zero-order valence-corrected chi connectivity index (χ0v) is 12.8. The average Bonchev–Trinajstić information content (AvgIpc) is 2.35. The van der Waals surface area contributed by atoms with E-state index in [1.54, 1.807) is 30.3 Å². The van der Waals surface area contributed by atoms with Gasteiger partial charge in [0.2, 0.25) is 0 Å². The van der Waals surface area contributed by atoms with Crippen LogP contribution in [0.2, 0.25) is 5.02 Å². The van der Waals surface area contributed by atoms with Gasteiger partial charge in [-0.3, -0.25) is 4.72 Å². The molecule has 2 aromatic rings. The molecule has 100 valence electrons. The van der Waals surface area contributed by atoms with Crippen molar-refractivity contribution >= 4 is 48.9 Å². The van der Waals surface area contributed by atoms with E-state index in [9.17, 15) is 8.42 Å². The summed E-state index contributed by atoms with van der Waals surface area (Å²) in [4.78, 5) is 0.0770. The molecule has 0 saturated carbocycles. The summed E-state index contributed by atoms with van der Waals surface area (Å²) >= 11 is 9.13. The van der Waals surface area contributed by atoms with E-state index in [0.717, 1.165) is 0 Å². The van der Waals surface area contributed by atoms with E-state index >= 15 is 0 Å². The molecule has 2 aromatic carbocycles. The number of benzene rings is 2. The highest BCUT2D eigenvalue weighted by Gasteiger charge is 2.16. The molecule has 0 fully saturated rings. The number of anilines is 2.